The van der Waals surface area contributed by atoms with Crippen LogP contribution in [0.4, 0.5) is 10.1 Å². The summed E-state index contributed by atoms with van der Waals surface area (Å²) in [6.07, 6.45) is 0. The van der Waals surface area contributed by atoms with Gasteiger partial charge in [0.2, 0.25) is 0 Å². The summed E-state index contributed by atoms with van der Waals surface area (Å²) in [5, 5.41) is 9.20. The zero-order valence-electron chi connectivity index (χ0n) is 12.2. The topological polar surface area (TPSA) is 43.8 Å². The normalized spacial score (nSPS) is 17.3. The molecule has 0 amide bonds. The lowest BCUT2D eigenvalue weighted by molar-refractivity contribution is 0.0696. The Bertz CT molecular complexity index is 503. The number of benzene rings is 1. The maximum atomic E-state index is 14.0. The number of aromatic carboxylic acids is 1. The largest absolute Gasteiger partial charge is 0.478 e. The van der Waals surface area contributed by atoms with Crippen molar-refractivity contribution >= 4 is 11.7 Å². The van der Waals surface area contributed by atoms with Gasteiger partial charge in [-0.1, -0.05) is 6.07 Å². The van der Waals surface area contributed by atoms with Crippen LogP contribution < -0.4 is 4.90 Å². The SMILES string of the molecule is CC(C)(C)N1CCN(c2c(F)cccc2C(=O)O)CC1. The Labute approximate surface area is 118 Å². The molecule has 0 spiro atoms. The Balaban J connectivity index is 2.21. The molecular weight excluding hydrogens is 259 g/mol. The van der Waals surface area contributed by atoms with Crippen LogP contribution in [0, 0.1) is 5.82 Å². The second kappa shape index (κ2) is 5.40. The highest BCUT2D eigenvalue weighted by Crippen LogP contribution is 2.27. The fraction of sp³-hybridized carbons (Fsp3) is 0.533. The van der Waals surface area contributed by atoms with E-state index in [0.717, 1.165) is 13.1 Å². The lowest BCUT2D eigenvalue weighted by Crippen LogP contribution is -2.53. The highest BCUT2D eigenvalue weighted by atomic mass is 19.1. The lowest BCUT2D eigenvalue weighted by atomic mass is 10.0. The Kier molecular flexibility index (Phi) is 3.99. The molecule has 0 atom stereocenters. The number of hydrogen-bond acceptors (Lipinski definition) is 3. The van der Waals surface area contributed by atoms with Crippen molar-refractivity contribution in [2.24, 2.45) is 0 Å². The zero-order valence-corrected chi connectivity index (χ0v) is 12.2. The molecule has 0 bridgehead atoms. The number of hydrogen-bond donors (Lipinski definition) is 1. The molecule has 1 aliphatic rings. The number of carbonyl (C=O) groups is 1. The number of nitrogens with zero attached hydrogens (tertiary/aromatic N) is 2. The summed E-state index contributed by atoms with van der Waals surface area (Å²) in [5.41, 5.74) is 0.333. The molecule has 1 fully saturated rings. The number of carboxylic acids is 1. The molecule has 1 aliphatic heterocycles. The Morgan fingerprint density at radius 1 is 1.20 bits per heavy atom. The number of carboxylic acid groups (broad SMARTS) is 1. The number of para-hydroxylation sites is 1. The quantitative estimate of drug-likeness (QED) is 0.903. The van der Waals surface area contributed by atoms with E-state index in [1.54, 1.807) is 0 Å². The summed E-state index contributed by atoms with van der Waals surface area (Å²) in [6, 6.07) is 4.21. The van der Waals surface area contributed by atoms with Crippen molar-refractivity contribution in [1.82, 2.24) is 4.90 Å². The summed E-state index contributed by atoms with van der Waals surface area (Å²) in [5.74, 6) is -1.55. The van der Waals surface area contributed by atoms with E-state index in [1.165, 1.54) is 18.2 Å². The van der Waals surface area contributed by atoms with Gasteiger partial charge in [0.1, 0.15) is 5.82 Å². The molecule has 5 heteroatoms. The average Bonchev–Trinajstić information content (AvgIpc) is 2.37. The van der Waals surface area contributed by atoms with Crippen molar-refractivity contribution in [3.63, 3.8) is 0 Å². The van der Waals surface area contributed by atoms with Crippen LogP contribution in [0.25, 0.3) is 0 Å². The third kappa shape index (κ3) is 2.93. The molecule has 1 saturated heterocycles. The number of piperazine rings is 1. The maximum Gasteiger partial charge on any atom is 0.337 e. The molecule has 2 rings (SSSR count). The van der Waals surface area contributed by atoms with E-state index in [4.69, 9.17) is 0 Å². The lowest BCUT2D eigenvalue weighted by Gasteiger charge is -2.43. The Hall–Kier alpha value is -1.62. The van der Waals surface area contributed by atoms with Gasteiger partial charge in [-0.3, -0.25) is 4.90 Å². The third-order valence-electron chi connectivity index (χ3n) is 3.76. The van der Waals surface area contributed by atoms with Crippen molar-refractivity contribution in [2.45, 2.75) is 26.3 Å². The molecule has 0 radical (unpaired) electrons. The van der Waals surface area contributed by atoms with Crippen molar-refractivity contribution in [1.29, 1.82) is 0 Å². The fourth-order valence-corrected chi connectivity index (χ4v) is 2.61. The molecule has 1 aromatic carbocycles. The van der Waals surface area contributed by atoms with E-state index in [9.17, 15) is 14.3 Å². The van der Waals surface area contributed by atoms with E-state index in [2.05, 4.69) is 25.7 Å². The minimum Gasteiger partial charge on any atom is -0.478 e. The smallest absolute Gasteiger partial charge is 0.337 e. The van der Waals surface area contributed by atoms with Crippen molar-refractivity contribution in [3.8, 4) is 0 Å². The predicted molar refractivity (Wildman–Crippen MR) is 76.9 cm³/mol. The molecule has 20 heavy (non-hydrogen) atoms. The van der Waals surface area contributed by atoms with Gasteiger partial charge in [0, 0.05) is 31.7 Å². The van der Waals surface area contributed by atoms with Gasteiger partial charge in [-0.2, -0.15) is 0 Å². The van der Waals surface area contributed by atoms with Gasteiger partial charge in [-0.05, 0) is 32.9 Å². The van der Waals surface area contributed by atoms with Gasteiger partial charge < -0.3 is 10.0 Å². The van der Waals surface area contributed by atoms with Crippen LogP contribution in [0.5, 0.6) is 0 Å². The first kappa shape index (κ1) is 14.8. The standard InChI is InChI=1S/C15H21FN2O2/c1-15(2,3)18-9-7-17(8-10-18)13-11(14(19)20)5-4-6-12(13)16/h4-6H,7-10H2,1-3H3,(H,19,20). The summed E-state index contributed by atoms with van der Waals surface area (Å²) in [7, 11) is 0. The van der Waals surface area contributed by atoms with Crippen LogP contribution in [-0.2, 0) is 0 Å². The molecule has 1 heterocycles. The molecule has 1 N–H and O–H groups in total. The first-order chi connectivity index (χ1) is 9.30. The minimum atomic E-state index is -1.09. The predicted octanol–water partition coefficient (Wildman–Crippen LogP) is 2.44. The molecule has 1 aromatic rings. The van der Waals surface area contributed by atoms with Crippen LogP contribution in [0.15, 0.2) is 18.2 Å². The summed E-state index contributed by atoms with van der Waals surface area (Å²) < 4.78 is 14.0. The monoisotopic (exact) mass is 280 g/mol. The summed E-state index contributed by atoms with van der Waals surface area (Å²) in [6.45, 7) is 9.32. The van der Waals surface area contributed by atoms with E-state index in [-0.39, 0.29) is 16.8 Å². The highest BCUT2D eigenvalue weighted by Gasteiger charge is 2.28. The molecule has 0 aromatic heterocycles. The molecule has 0 saturated carbocycles. The van der Waals surface area contributed by atoms with E-state index in [1.807, 2.05) is 4.90 Å². The Morgan fingerprint density at radius 2 is 1.80 bits per heavy atom. The molecule has 0 unspecified atom stereocenters. The van der Waals surface area contributed by atoms with E-state index in [0.29, 0.717) is 13.1 Å². The molecule has 4 nitrogen and oxygen atoms in total. The van der Waals surface area contributed by atoms with Gasteiger partial charge in [0.25, 0.3) is 0 Å². The molecule has 0 aliphatic carbocycles. The van der Waals surface area contributed by atoms with Crippen LogP contribution >= 0.6 is 0 Å². The molecule has 110 valence electrons. The number of halogens is 1. The number of anilines is 1. The summed E-state index contributed by atoms with van der Waals surface area (Å²) >= 11 is 0. The van der Waals surface area contributed by atoms with Gasteiger partial charge >= 0.3 is 5.97 Å². The van der Waals surface area contributed by atoms with Gasteiger partial charge in [-0.25, -0.2) is 9.18 Å². The van der Waals surface area contributed by atoms with Gasteiger partial charge in [-0.15, -0.1) is 0 Å². The van der Waals surface area contributed by atoms with Crippen molar-refractivity contribution < 1.29 is 14.3 Å². The average molecular weight is 280 g/mol. The zero-order chi connectivity index (χ0) is 14.9. The fourth-order valence-electron chi connectivity index (χ4n) is 2.61. The number of rotatable bonds is 2. The summed E-state index contributed by atoms with van der Waals surface area (Å²) in [4.78, 5) is 15.4. The first-order valence-corrected chi connectivity index (χ1v) is 6.82. The minimum absolute atomic E-state index is 0.0363. The second-order valence-corrected chi connectivity index (χ2v) is 6.09. The third-order valence-corrected chi connectivity index (χ3v) is 3.76. The van der Waals surface area contributed by atoms with Crippen molar-refractivity contribution in [3.05, 3.63) is 29.6 Å². The maximum absolute atomic E-state index is 14.0. The van der Waals surface area contributed by atoms with Gasteiger partial charge in [0.05, 0.1) is 11.3 Å². The van der Waals surface area contributed by atoms with Crippen LogP contribution in [0.1, 0.15) is 31.1 Å². The second-order valence-electron chi connectivity index (χ2n) is 6.09. The first-order valence-electron chi connectivity index (χ1n) is 6.82. The van der Waals surface area contributed by atoms with Crippen LogP contribution in [0.2, 0.25) is 0 Å². The molecular formula is C15H21FN2O2. The van der Waals surface area contributed by atoms with E-state index >= 15 is 0 Å². The van der Waals surface area contributed by atoms with E-state index < -0.39 is 11.8 Å². The highest BCUT2D eigenvalue weighted by molar-refractivity contribution is 5.94. The van der Waals surface area contributed by atoms with Crippen LogP contribution in [0.3, 0.4) is 0 Å². The van der Waals surface area contributed by atoms with Crippen LogP contribution in [-0.4, -0.2) is 47.7 Å². The Morgan fingerprint density at radius 3 is 2.30 bits per heavy atom. The van der Waals surface area contributed by atoms with Gasteiger partial charge in [0.15, 0.2) is 0 Å². The van der Waals surface area contributed by atoms with Crippen molar-refractivity contribution in [2.75, 3.05) is 31.1 Å².